The topological polar surface area (TPSA) is 106 Å². The van der Waals surface area contributed by atoms with Gasteiger partial charge in [-0.15, -0.1) is 0 Å². The average molecular weight is 419 g/mol. The lowest BCUT2D eigenvalue weighted by atomic mass is 10.00. The lowest BCUT2D eigenvalue weighted by Gasteiger charge is -2.31. The van der Waals surface area contributed by atoms with E-state index >= 15 is 0 Å². The number of aromatic amines is 1. The van der Waals surface area contributed by atoms with Gasteiger partial charge in [-0.2, -0.15) is 0 Å². The van der Waals surface area contributed by atoms with Gasteiger partial charge in [0, 0.05) is 42.5 Å². The first-order chi connectivity index (χ1) is 15.1. The summed E-state index contributed by atoms with van der Waals surface area (Å²) in [6, 6.07) is 7.11. The van der Waals surface area contributed by atoms with Crippen LogP contribution in [0.25, 0.3) is 16.6 Å². The molecule has 4 N–H and O–H groups in total. The molecular formula is C23H26N6O2. The Kier molecular flexibility index (Phi) is 5.17. The first-order valence-corrected chi connectivity index (χ1v) is 10.7. The number of carbonyl (C=O) groups excluding carboxylic acids is 1. The Balaban J connectivity index is 1.32. The number of aliphatic hydroxyl groups is 1. The standard InChI is InChI=1S/C23H26N6O2/c1-24-22(30)15-4-2-5-16(12-15)27-23(31)29-10-8-14(9-11-29)20-19-17-6-3-7-18(17)28-21(19)26-13-25-20/h2,4-5,8,12-13,23,27,31H,3,6-7,9-11H2,1H3,(H,24,30)(H,25,26,28). The molecule has 1 aliphatic heterocycles. The van der Waals surface area contributed by atoms with Crippen molar-refractivity contribution in [2.75, 3.05) is 25.5 Å². The molecule has 0 bridgehead atoms. The normalized spacial score (nSPS) is 17.3. The highest BCUT2D eigenvalue weighted by atomic mass is 16.3. The summed E-state index contributed by atoms with van der Waals surface area (Å²) in [5, 5.41) is 17.6. The van der Waals surface area contributed by atoms with Gasteiger partial charge < -0.3 is 20.7 Å². The molecular weight excluding hydrogens is 392 g/mol. The van der Waals surface area contributed by atoms with Crippen LogP contribution in [0, 0.1) is 0 Å². The number of benzene rings is 1. The molecule has 2 aromatic heterocycles. The molecule has 160 valence electrons. The molecule has 3 aromatic rings. The van der Waals surface area contributed by atoms with Crippen LogP contribution in [0.1, 0.15) is 40.2 Å². The minimum atomic E-state index is -0.848. The molecule has 0 saturated carbocycles. The van der Waals surface area contributed by atoms with E-state index in [1.165, 1.54) is 28.6 Å². The minimum Gasteiger partial charge on any atom is -0.361 e. The number of rotatable bonds is 5. The average Bonchev–Trinajstić information content (AvgIpc) is 3.40. The van der Waals surface area contributed by atoms with E-state index in [0.29, 0.717) is 24.3 Å². The maximum absolute atomic E-state index is 11.8. The summed E-state index contributed by atoms with van der Waals surface area (Å²) in [6.45, 7) is 1.31. The summed E-state index contributed by atoms with van der Waals surface area (Å²) >= 11 is 0. The smallest absolute Gasteiger partial charge is 0.251 e. The number of hydrogen-bond acceptors (Lipinski definition) is 6. The van der Waals surface area contributed by atoms with Crippen molar-refractivity contribution in [2.45, 2.75) is 32.0 Å². The Morgan fingerprint density at radius 1 is 1.26 bits per heavy atom. The summed E-state index contributed by atoms with van der Waals surface area (Å²) in [6.07, 6.45) is 7.06. The van der Waals surface area contributed by atoms with E-state index in [-0.39, 0.29) is 5.91 Å². The predicted molar refractivity (Wildman–Crippen MR) is 120 cm³/mol. The molecule has 0 saturated heterocycles. The number of nitrogens with zero attached hydrogens (tertiary/aromatic N) is 3. The Morgan fingerprint density at radius 2 is 2.16 bits per heavy atom. The number of aromatic nitrogens is 3. The highest BCUT2D eigenvalue weighted by Gasteiger charge is 2.25. The Labute approximate surface area is 180 Å². The molecule has 8 heteroatoms. The van der Waals surface area contributed by atoms with E-state index in [1.54, 1.807) is 31.6 Å². The molecule has 8 nitrogen and oxygen atoms in total. The second kappa shape index (κ2) is 8.13. The van der Waals surface area contributed by atoms with Crippen molar-refractivity contribution >= 4 is 28.2 Å². The van der Waals surface area contributed by atoms with Gasteiger partial charge >= 0.3 is 0 Å². The van der Waals surface area contributed by atoms with Gasteiger partial charge in [0.05, 0.1) is 5.69 Å². The maximum atomic E-state index is 11.8. The molecule has 1 unspecified atom stereocenters. The van der Waals surface area contributed by atoms with Gasteiger partial charge in [-0.25, -0.2) is 9.97 Å². The number of fused-ring (bicyclic) bond motifs is 3. The van der Waals surface area contributed by atoms with Gasteiger partial charge in [0.15, 0.2) is 6.35 Å². The quantitative estimate of drug-likeness (QED) is 0.474. The van der Waals surface area contributed by atoms with Gasteiger partial charge in [-0.1, -0.05) is 12.1 Å². The van der Waals surface area contributed by atoms with E-state index in [2.05, 4.69) is 31.7 Å². The SMILES string of the molecule is CNC(=O)c1cccc(NC(O)N2CC=C(c3ncnc4[nH]c5c(c34)CCC5)CC2)c1. The number of aryl methyl sites for hydroxylation is 2. The highest BCUT2D eigenvalue weighted by molar-refractivity contribution is 5.95. The lowest BCUT2D eigenvalue weighted by molar-refractivity contribution is 0.0342. The fourth-order valence-corrected chi connectivity index (χ4v) is 4.57. The molecule has 1 amide bonds. The van der Waals surface area contributed by atoms with E-state index in [4.69, 9.17) is 0 Å². The zero-order valence-corrected chi connectivity index (χ0v) is 17.5. The van der Waals surface area contributed by atoms with Crippen molar-refractivity contribution in [3.05, 3.63) is 59.2 Å². The van der Waals surface area contributed by atoms with E-state index in [9.17, 15) is 9.90 Å². The highest BCUT2D eigenvalue weighted by Crippen LogP contribution is 2.34. The molecule has 1 atom stereocenters. The first-order valence-electron chi connectivity index (χ1n) is 10.7. The third kappa shape index (κ3) is 3.68. The number of carbonyl (C=O) groups is 1. The van der Waals surface area contributed by atoms with Gasteiger partial charge in [0.1, 0.15) is 12.0 Å². The van der Waals surface area contributed by atoms with Crippen LogP contribution >= 0.6 is 0 Å². The number of nitrogens with one attached hydrogen (secondary N) is 3. The second-order valence-corrected chi connectivity index (χ2v) is 8.03. The van der Waals surface area contributed by atoms with Crippen LogP contribution in [0.3, 0.4) is 0 Å². The largest absolute Gasteiger partial charge is 0.361 e. The van der Waals surface area contributed by atoms with Crippen LogP contribution in [0.15, 0.2) is 36.7 Å². The third-order valence-electron chi connectivity index (χ3n) is 6.17. The van der Waals surface area contributed by atoms with Gasteiger partial charge in [0.25, 0.3) is 5.91 Å². The third-order valence-corrected chi connectivity index (χ3v) is 6.17. The predicted octanol–water partition coefficient (Wildman–Crippen LogP) is 2.28. The Bertz CT molecular complexity index is 1170. The molecule has 0 spiro atoms. The minimum absolute atomic E-state index is 0.156. The number of H-pyrrole nitrogens is 1. The Morgan fingerprint density at radius 3 is 2.97 bits per heavy atom. The van der Waals surface area contributed by atoms with Crippen molar-refractivity contribution < 1.29 is 9.90 Å². The molecule has 0 fully saturated rings. The van der Waals surface area contributed by atoms with Crippen molar-refractivity contribution in [2.24, 2.45) is 0 Å². The Hall–Kier alpha value is -3.23. The lowest BCUT2D eigenvalue weighted by Crippen LogP contribution is -2.43. The van der Waals surface area contributed by atoms with Gasteiger partial charge in [-0.05, 0) is 55.0 Å². The van der Waals surface area contributed by atoms with Crippen LogP contribution < -0.4 is 10.6 Å². The molecule has 31 heavy (non-hydrogen) atoms. The van der Waals surface area contributed by atoms with Crippen molar-refractivity contribution in [1.29, 1.82) is 0 Å². The first kappa shape index (κ1) is 19.7. The number of aliphatic hydroxyl groups excluding tert-OH is 1. The van der Waals surface area contributed by atoms with Crippen molar-refractivity contribution in [3.63, 3.8) is 0 Å². The summed E-state index contributed by atoms with van der Waals surface area (Å²) in [7, 11) is 1.60. The van der Waals surface area contributed by atoms with Crippen molar-refractivity contribution in [1.82, 2.24) is 25.2 Å². The summed E-state index contributed by atoms with van der Waals surface area (Å²) in [4.78, 5) is 26.3. The maximum Gasteiger partial charge on any atom is 0.251 e. The van der Waals surface area contributed by atoms with E-state index < -0.39 is 6.35 Å². The van der Waals surface area contributed by atoms with E-state index in [1.807, 2.05) is 11.0 Å². The molecule has 2 aliphatic rings. The van der Waals surface area contributed by atoms with Crippen LogP contribution in [0.5, 0.6) is 0 Å². The summed E-state index contributed by atoms with van der Waals surface area (Å²) in [5.41, 5.74) is 7.06. The molecule has 1 aliphatic carbocycles. The van der Waals surface area contributed by atoms with Gasteiger partial charge in [0.2, 0.25) is 0 Å². The fraction of sp³-hybridized carbons (Fsp3) is 0.348. The number of hydrogen-bond donors (Lipinski definition) is 4. The van der Waals surface area contributed by atoms with E-state index in [0.717, 1.165) is 30.6 Å². The fourth-order valence-electron chi connectivity index (χ4n) is 4.57. The number of amides is 1. The molecule has 3 heterocycles. The monoisotopic (exact) mass is 418 g/mol. The van der Waals surface area contributed by atoms with Crippen LogP contribution in [0.4, 0.5) is 5.69 Å². The van der Waals surface area contributed by atoms with Crippen LogP contribution in [-0.2, 0) is 12.8 Å². The zero-order chi connectivity index (χ0) is 21.4. The molecule has 1 aromatic carbocycles. The summed E-state index contributed by atoms with van der Waals surface area (Å²) < 4.78 is 0. The molecule has 0 radical (unpaired) electrons. The van der Waals surface area contributed by atoms with Crippen LogP contribution in [0.2, 0.25) is 0 Å². The van der Waals surface area contributed by atoms with Crippen LogP contribution in [-0.4, -0.2) is 57.4 Å². The van der Waals surface area contributed by atoms with Crippen molar-refractivity contribution in [3.8, 4) is 0 Å². The summed E-state index contributed by atoms with van der Waals surface area (Å²) in [5.74, 6) is -0.156. The number of anilines is 1. The zero-order valence-electron chi connectivity index (χ0n) is 17.5. The molecule has 5 rings (SSSR count). The second-order valence-electron chi connectivity index (χ2n) is 8.03. The van der Waals surface area contributed by atoms with Gasteiger partial charge in [-0.3, -0.25) is 9.69 Å².